The molecular weight excluding hydrogens is 470 g/mol. The minimum atomic E-state index is -1.47. The molecule has 0 saturated heterocycles. The summed E-state index contributed by atoms with van der Waals surface area (Å²) >= 11 is 0. The topological polar surface area (TPSA) is 214 Å². The van der Waals surface area contributed by atoms with Gasteiger partial charge in [0.2, 0.25) is 23.6 Å². The summed E-state index contributed by atoms with van der Waals surface area (Å²) in [6.07, 6.45) is -0.144. The van der Waals surface area contributed by atoms with Crippen molar-refractivity contribution in [3.05, 3.63) is 29.8 Å². The number of carbonyl (C=O) groups is 5. The maximum Gasteiger partial charge on any atom is 0.326 e. The van der Waals surface area contributed by atoms with Crippen molar-refractivity contribution in [2.24, 2.45) is 23.3 Å². The van der Waals surface area contributed by atoms with Crippen LogP contribution in [-0.4, -0.2) is 64.0 Å². The number of hydrogen-bond donors (Lipinski definition) is 7. The Kier molecular flexibility index (Phi) is 11.8. The van der Waals surface area contributed by atoms with Crippen molar-refractivity contribution < 1.29 is 34.2 Å². The van der Waals surface area contributed by atoms with Crippen LogP contribution in [0.2, 0.25) is 0 Å². The standard InChI is InChI=1S/C24H37N5O7/c1-5-13(4)20(24(35)36)29-22(33)17(11-18(25)31)27-21(32)16(28-23(34)19(26)12(2)3)10-14-6-8-15(30)9-7-14/h6-9,12-13,16-17,19-20,30H,5,10-11,26H2,1-4H3,(H2,25,31)(H,27,32)(H,28,34)(H,29,33)(H,35,36). The maximum atomic E-state index is 13.2. The molecule has 5 atom stereocenters. The number of nitrogens with one attached hydrogen (secondary N) is 3. The molecule has 0 radical (unpaired) electrons. The molecule has 0 aromatic heterocycles. The third-order valence-corrected chi connectivity index (χ3v) is 5.85. The van der Waals surface area contributed by atoms with Gasteiger partial charge in [-0.3, -0.25) is 19.2 Å². The van der Waals surface area contributed by atoms with Crippen LogP contribution in [0.25, 0.3) is 0 Å². The van der Waals surface area contributed by atoms with Crippen LogP contribution < -0.4 is 27.4 Å². The molecule has 12 nitrogen and oxygen atoms in total. The Labute approximate surface area is 210 Å². The van der Waals surface area contributed by atoms with Crippen LogP contribution >= 0.6 is 0 Å². The van der Waals surface area contributed by atoms with Crippen molar-refractivity contribution in [3.63, 3.8) is 0 Å². The fourth-order valence-corrected chi connectivity index (χ4v) is 3.27. The predicted molar refractivity (Wildman–Crippen MR) is 131 cm³/mol. The van der Waals surface area contributed by atoms with Gasteiger partial charge in [-0.15, -0.1) is 0 Å². The summed E-state index contributed by atoms with van der Waals surface area (Å²) in [4.78, 5) is 61.8. The van der Waals surface area contributed by atoms with Crippen molar-refractivity contribution in [2.75, 3.05) is 0 Å². The molecule has 36 heavy (non-hydrogen) atoms. The number of phenolic OH excluding ortho intramolecular Hbond substituents is 1. The molecule has 0 fully saturated rings. The lowest BCUT2D eigenvalue weighted by molar-refractivity contribution is -0.144. The van der Waals surface area contributed by atoms with Crippen molar-refractivity contribution >= 4 is 29.6 Å². The Hall–Kier alpha value is -3.67. The van der Waals surface area contributed by atoms with E-state index < -0.39 is 66.1 Å². The zero-order chi connectivity index (χ0) is 27.6. The molecule has 1 aromatic carbocycles. The first-order chi connectivity index (χ1) is 16.8. The smallest absolute Gasteiger partial charge is 0.326 e. The molecule has 1 aromatic rings. The second-order valence-electron chi connectivity index (χ2n) is 9.14. The number of aliphatic carboxylic acids is 1. The van der Waals surface area contributed by atoms with Gasteiger partial charge in [0.15, 0.2) is 0 Å². The van der Waals surface area contributed by atoms with Gasteiger partial charge in [-0.1, -0.05) is 46.2 Å². The average Bonchev–Trinajstić information content (AvgIpc) is 2.80. The number of amides is 4. The summed E-state index contributed by atoms with van der Waals surface area (Å²) in [5.74, 6) is -5.08. The fourth-order valence-electron chi connectivity index (χ4n) is 3.27. The first-order valence-corrected chi connectivity index (χ1v) is 11.7. The highest BCUT2D eigenvalue weighted by Gasteiger charge is 2.33. The molecular formula is C24H37N5O7. The molecule has 0 saturated carbocycles. The van der Waals surface area contributed by atoms with E-state index in [1.54, 1.807) is 39.8 Å². The van der Waals surface area contributed by atoms with Gasteiger partial charge in [0.1, 0.15) is 23.9 Å². The lowest BCUT2D eigenvalue weighted by Gasteiger charge is -2.26. The van der Waals surface area contributed by atoms with E-state index >= 15 is 0 Å². The Morgan fingerprint density at radius 1 is 0.889 bits per heavy atom. The molecule has 12 heteroatoms. The molecule has 0 aliphatic heterocycles. The number of primary amides is 1. The highest BCUT2D eigenvalue weighted by atomic mass is 16.4. The van der Waals surface area contributed by atoms with E-state index in [9.17, 15) is 34.2 Å². The molecule has 0 spiro atoms. The van der Waals surface area contributed by atoms with Gasteiger partial charge in [0.05, 0.1) is 12.5 Å². The lowest BCUT2D eigenvalue weighted by atomic mass is 9.98. The minimum Gasteiger partial charge on any atom is -0.508 e. The van der Waals surface area contributed by atoms with Gasteiger partial charge in [-0.2, -0.15) is 0 Å². The summed E-state index contributed by atoms with van der Waals surface area (Å²) in [5.41, 5.74) is 11.7. The van der Waals surface area contributed by atoms with Crippen LogP contribution in [0.5, 0.6) is 5.75 Å². The Balaban J connectivity index is 3.17. The number of carboxylic acids is 1. The third-order valence-electron chi connectivity index (χ3n) is 5.85. The van der Waals surface area contributed by atoms with Crippen LogP contribution in [0.1, 0.15) is 46.1 Å². The van der Waals surface area contributed by atoms with Crippen molar-refractivity contribution in [3.8, 4) is 5.75 Å². The molecule has 9 N–H and O–H groups in total. The Morgan fingerprint density at radius 2 is 1.42 bits per heavy atom. The lowest BCUT2D eigenvalue weighted by Crippen LogP contribution is -2.59. The second-order valence-corrected chi connectivity index (χ2v) is 9.14. The fraction of sp³-hybridized carbons (Fsp3) is 0.542. The summed E-state index contributed by atoms with van der Waals surface area (Å²) in [6, 6.07) is 1.12. The third kappa shape index (κ3) is 9.53. The van der Waals surface area contributed by atoms with E-state index in [0.717, 1.165) is 0 Å². The molecule has 0 heterocycles. The van der Waals surface area contributed by atoms with Gasteiger partial charge in [-0.25, -0.2) is 4.79 Å². The van der Waals surface area contributed by atoms with Gasteiger partial charge in [0.25, 0.3) is 0 Å². The number of aromatic hydroxyl groups is 1. The van der Waals surface area contributed by atoms with E-state index in [-0.39, 0.29) is 18.1 Å². The van der Waals surface area contributed by atoms with Crippen LogP contribution in [0.15, 0.2) is 24.3 Å². The quantitative estimate of drug-likeness (QED) is 0.172. The van der Waals surface area contributed by atoms with Crippen LogP contribution in [-0.2, 0) is 30.4 Å². The van der Waals surface area contributed by atoms with Crippen molar-refractivity contribution in [1.82, 2.24) is 16.0 Å². The van der Waals surface area contributed by atoms with E-state index in [1.165, 1.54) is 12.1 Å². The van der Waals surface area contributed by atoms with Gasteiger partial charge in [-0.05, 0) is 29.5 Å². The number of rotatable bonds is 14. The first kappa shape index (κ1) is 30.4. The Morgan fingerprint density at radius 3 is 1.89 bits per heavy atom. The second kappa shape index (κ2) is 14.0. The van der Waals surface area contributed by atoms with E-state index in [2.05, 4.69) is 16.0 Å². The highest BCUT2D eigenvalue weighted by Crippen LogP contribution is 2.13. The zero-order valence-corrected chi connectivity index (χ0v) is 21.0. The van der Waals surface area contributed by atoms with E-state index in [1.807, 2.05) is 0 Å². The number of benzene rings is 1. The number of hydrogen-bond acceptors (Lipinski definition) is 7. The predicted octanol–water partition coefficient (Wildman–Crippen LogP) is -0.621. The average molecular weight is 508 g/mol. The molecule has 200 valence electrons. The Bertz CT molecular complexity index is 935. The van der Waals surface area contributed by atoms with Gasteiger partial charge in [0, 0.05) is 6.42 Å². The molecule has 1 rings (SSSR count). The van der Waals surface area contributed by atoms with Crippen molar-refractivity contribution in [1.29, 1.82) is 0 Å². The number of carbonyl (C=O) groups excluding carboxylic acids is 4. The summed E-state index contributed by atoms with van der Waals surface area (Å²) in [6.45, 7) is 6.88. The number of phenols is 1. The van der Waals surface area contributed by atoms with Crippen LogP contribution in [0, 0.1) is 11.8 Å². The SMILES string of the molecule is CCC(C)C(NC(=O)C(CC(N)=O)NC(=O)C(Cc1ccc(O)cc1)NC(=O)C(N)C(C)C)C(=O)O. The normalized spacial score (nSPS) is 15.2. The number of nitrogens with two attached hydrogens (primary N) is 2. The molecule has 4 amide bonds. The number of carboxylic acid groups (broad SMARTS) is 1. The molecule has 0 aliphatic carbocycles. The summed E-state index contributed by atoms with van der Waals surface area (Å²) in [5, 5.41) is 26.3. The van der Waals surface area contributed by atoms with Gasteiger partial charge >= 0.3 is 5.97 Å². The minimum absolute atomic E-state index is 0.0121. The van der Waals surface area contributed by atoms with E-state index in [4.69, 9.17) is 11.5 Å². The first-order valence-electron chi connectivity index (χ1n) is 11.7. The summed E-state index contributed by atoms with van der Waals surface area (Å²) < 4.78 is 0. The highest BCUT2D eigenvalue weighted by molar-refractivity contribution is 5.96. The van der Waals surface area contributed by atoms with Gasteiger partial charge < -0.3 is 37.6 Å². The van der Waals surface area contributed by atoms with E-state index in [0.29, 0.717) is 12.0 Å². The largest absolute Gasteiger partial charge is 0.508 e. The zero-order valence-electron chi connectivity index (χ0n) is 21.0. The maximum absolute atomic E-state index is 13.2. The van der Waals surface area contributed by atoms with Crippen LogP contribution in [0.4, 0.5) is 0 Å². The van der Waals surface area contributed by atoms with Crippen LogP contribution in [0.3, 0.4) is 0 Å². The molecule has 0 bridgehead atoms. The molecule has 5 unspecified atom stereocenters. The molecule has 0 aliphatic rings. The summed E-state index contributed by atoms with van der Waals surface area (Å²) in [7, 11) is 0. The monoisotopic (exact) mass is 507 g/mol. The van der Waals surface area contributed by atoms with Crippen molar-refractivity contribution in [2.45, 2.75) is 71.1 Å².